The second-order valence-corrected chi connectivity index (χ2v) is 8.34. The molecule has 0 saturated carbocycles. The number of benzene rings is 2. The molecule has 166 valence electrons. The highest BCUT2D eigenvalue weighted by Crippen LogP contribution is 2.28. The van der Waals surface area contributed by atoms with Crippen molar-refractivity contribution >= 4 is 11.5 Å². The fraction of sp³-hybridized carbons (Fsp3) is 0.480. The average molecular weight is 425 g/mol. The maximum Gasteiger partial charge on any atom is 0.170 e. The molecule has 2 aliphatic heterocycles. The van der Waals surface area contributed by atoms with Crippen LogP contribution in [0.3, 0.4) is 0 Å². The highest BCUT2D eigenvalue weighted by atomic mass is 16.5. The fourth-order valence-corrected chi connectivity index (χ4v) is 4.30. The van der Waals surface area contributed by atoms with Crippen LogP contribution in [-0.4, -0.2) is 67.9 Å². The Morgan fingerprint density at radius 1 is 1.03 bits per heavy atom. The van der Waals surface area contributed by atoms with Gasteiger partial charge in [-0.3, -0.25) is 9.69 Å². The first-order valence-corrected chi connectivity index (χ1v) is 11.2. The van der Waals surface area contributed by atoms with E-state index in [1.165, 1.54) is 11.1 Å². The van der Waals surface area contributed by atoms with Crippen LogP contribution in [0.5, 0.6) is 5.75 Å². The zero-order valence-corrected chi connectivity index (χ0v) is 18.0. The van der Waals surface area contributed by atoms with Crippen molar-refractivity contribution in [3.8, 4) is 5.75 Å². The molecule has 6 heteroatoms. The van der Waals surface area contributed by atoms with E-state index >= 15 is 0 Å². The van der Waals surface area contributed by atoms with Crippen LogP contribution in [-0.2, 0) is 22.5 Å². The second-order valence-electron chi connectivity index (χ2n) is 8.34. The molecule has 31 heavy (non-hydrogen) atoms. The van der Waals surface area contributed by atoms with Gasteiger partial charge in [-0.25, -0.2) is 0 Å². The minimum absolute atomic E-state index is 0.0137. The van der Waals surface area contributed by atoms with E-state index < -0.39 is 6.10 Å². The minimum atomic E-state index is -0.505. The summed E-state index contributed by atoms with van der Waals surface area (Å²) in [6.45, 7) is 5.49. The Morgan fingerprint density at radius 3 is 2.61 bits per heavy atom. The molecule has 2 aliphatic rings. The van der Waals surface area contributed by atoms with Crippen LogP contribution in [0.1, 0.15) is 24.0 Å². The molecular formula is C25H32N2O4. The summed E-state index contributed by atoms with van der Waals surface area (Å²) >= 11 is 0. The van der Waals surface area contributed by atoms with Gasteiger partial charge in [-0.15, -0.1) is 0 Å². The number of fused-ring (bicyclic) bond motifs is 1. The molecule has 1 unspecified atom stereocenters. The number of anilines is 1. The van der Waals surface area contributed by atoms with E-state index in [2.05, 4.69) is 34.1 Å². The molecular weight excluding hydrogens is 392 g/mol. The van der Waals surface area contributed by atoms with Crippen molar-refractivity contribution in [2.75, 3.05) is 50.9 Å². The first-order chi connectivity index (χ1) is 15.2. The first kappa shape index (κ1) is 21.8. The van der Waals surface area contributed by atoms with Crippen LogP contribution >= 0.6 is 0 Å². The van der Waals surface area contributed by atoms with Gasteiger partial charge in [-0.05, 0) is 36.1 Å². The molecule has 2 aromatic carbocycles. The van der Waals surface area contributed by atoms with E-state index in [0.717, 1.165) is 44.0 Å². The molecule has 4 rings (SSSR count). The van der Waals surface area contributed by atoms with E-state index in [4.69, 9.17) is 9.47 Å². The van der Waals surface area contributed by atoms with Crippen LogP contribution in [0, 0.1) is 0 Å². The number of aliphatic hydroxyl groups is 1. The number of rotatable bonds is 9. The summed E-state index contributed by atoms with van der Waals surface area (Å²) in [5, 5.41) is 10.4. The fourth-order valence-electron chi connectivity index (χ4n) is 4.30. The lowest BCUT2D eigenvalue weighted by Gasteiger charge is -2.30. The van der Waals surface area contributed by atoms with Crippen LogP contribution in [0.2, 0.25) is 0 Å². The van der Waals surface area contributed by atoms with E-state index in [-0.39, 0.29) is 12.4 Å². The molecule has 1 N–H and O–H groups in total. The normalized spacial score (nSPS) is 17.8. The molecule has 0 radical (unpaired) electrons. The van der Waals surface area contributed by atoms with Gasteiger partial charge >= 0.3 is 0 Å². The smallest absolute Gasteiger partial charge is 0.170 e. The Balaban J connectivity index is 1.20. The zero-order chi connectivity index (χ0) is 21.5. The van der Waals surface area contributed by atoms with E-state index in [9.17, 15) is 9.90 Å². The van der Waals surface area contributed by atoms with Crippen molar-refractivity contribution in [3.63, 3.8) is 0 Å². The van der Waals surface area contributed by atoms with Crippen molar-refractivity contribution in [2.24, 2.45) is 0 Å². The molecule has 0 spiro atoms. The van der Waals surface area contributed by atoms with Gasteiger partial charge in [0.25, 0.3) is 0 Å². The first-order valence-electron chi connectivity index (χ1n) is 11.2. The number of carbonyl (C=O) groups excluding carboxylic acids is 1. The van der Waals surface area contributed by atoms with Gasteiger partial charge in [0.15, 0.2) is 5.78 Å². The standard InChI is InChI=1S/C25H32N2O4/c28-22(18-26-12-11-20-5-1-2-6-21(20)17-26)9-10-23(29)19-31-25-8-4-3-7-24(25)27-13-15-30-16-14-27/h1-8,22,28H,9-19H2. The number of Topliss-reactive ketones (excluding diaryl/α,β-unsaturated/α-hetero) is 1. The SMILES string of the molecule is O=C(CCC(O)CN1CCc2ccccc2C1)COc1ccccc1N1CCOCC1. The van der Waals surface area contributed by atoms with Gasteiger partial charge < -0.3 is 19.5 Å². The molecule has 0 aromatic heterocycles. The number of aliphatic hydroxyl groups excluding tert-OH is 1. The number of β-amino-alcohol motifs (C(OH)–C–C–N with tert-alkyl or cyclic N) is 1. The lowest BCUT2D eigenvalue weighted by molar-refractivity contribution is -0.121. The van der Waals surface area contributed by atoms with Crippen molar-refractivity contribution in [1.82, 2.24) is 4.90 Å². The molecule has 1 atom stereocenters. The Hall–Kier alpha value is -2.41. The molecule has 2 aromatic rings. The molecule has 0 bridgehead atoms. The minimum Gasteiger partial charge on any atom is -0.484 e. The predicted molar refractivity (Wildman–Crippen MR) is 121 cm³/mol. The average Bonchev–Trinajstić information content (AvgIpc) is 2.82. The maximum absolute atomic E-state index is 12.4. The Kier molecular flexibility index (Phi) is 7.57. The largest absolute Gasteiger partial charge is 0.484 e. The van der Waals surface area contributed by atoms with Crippen molar-refractivity contribution in [3.05, 3.63) is 59.7 Å². The summed E-state index contributed by atoms with van der Waals surface area (Å²) in [4.78, 5) is 16.9. The summed E-state index contributed by atoms with van der Waals surface area (Å²) in [5.74, 6) is 0.741. The van der Waals surface area contributed by atoms with Crippen molar-refractivity contribution in [1.29, 1.82) is 0 Å². The third-order valence-electron chi connectivity index (χ3n) is 6.04. The van der Waals surface area contributed by atoms with Crippen LogP contribution < -0.4 is 9.64 Å². The number of hydrogen-bond acceptors (Lipinski definition) is 6. The summed E-state index contributed by atoms with van der Waals surface area (Å²) in [6, 6.07) is 16.3. The van der Waals surface area contributed by atoms with Crippen LogP contribution in [0.4, 0.5) is 5.69 Å². The third kappa shape index (κ3) is 6.06. The molecule has 1 fully saturated rings. The Labute approximate surface area is 184 Å². The quantitative estimate of drug-likeness (QED) is 0.668. The topological polar surface area (TPSA) is 62.2 Å². The summed E-state index contributed by atoms with van der Waals surface area (Å²) in [5.41, 5.74) is 3.74. The van der Waals surface area contributed by atoms with Gasteiger partial charge in [-0.1, -0.05) is 36.4 Å². The van der Waals surface area contributed by atoms with Crippen molar-refractivity contribution < 1.29 is 19.4 Å². The molecule has 1 saturated heterocycles. The lowest BCUT2D eigenvalue weighted by Crippen LogP contribution is -2.37. The summed E-state index contributed by atoms with van der Waals surface area (Å²) < 4.78 is 11.3. The number of nitrogens with zero attached hydrogens (tertiary/aromatic N) is 2. The summed E-state index contributed by atoms with van der Waals surface area (Å²) in [7, 11) is 0. The predicted octanol–water partition coefficient (Wildman–Crippen LogP) is 2.67. The highest BCUT2D eigenvalue weighted by molar-refractivity contribution is 5.80. The maximum atomic E-state index is 12.4. The van der Waals surface area contributed by atoms with E-state index in [0.29, 0.717) is 32.6 Å². The Morgan fingerprint density at radius 2 is 1.77 bits per heavy atom. The molecule has 0 aliphatic carbocycles. The van der Waals surface area contributed by atoms with Gasteiger partial charge in [0.2, 0.25) is 0 Å². The van der Waals surface area contributed by atoms with Crippen molar-refractivity contribution in [2.45, 2.75) is 31.9 Å². The summed E-state index contributed by atoms with van der Waals surface area (Å²) in [6.07, 6.45) is 1.30. The zero-order valence-electron chi connectivity index (χ0n) is 18.0. The number of ether oxygens (including phenoxy) is 2. The molecule has 2 heterocycles. The third-order valence-corrected chi connectivity index (χ3v) is 6.04. The Bertz CT molecular complexity index is 866. The van der Waals surface area contributed by atoms with Gasteiger partial charge in [0, 0.05) is 39.1 Å². The highest BCUT2D eigenvalue weighted by Gasteiger charge is 2.20. The number of hydrogen-bond donors (Lipinski definition) is 1. The number of ketones is 1. The number of morpholine rings is 1. The monoisotopic (exact) mass is 424 g/mol. The van der Waals surface area contributed by atoms with Crippen LogP contribution in [0.25, 0.3) is 0 Å². The number of para-hydroxylation sites is 2. The molecule has 0 amide bonds. The molecule has 6 nitrogen and oxygen atoms in total. The van der Waals surface area contributed by atoms with E-state index in [1.807, 2.05) is 24.3 Å². The van der Waals surface area contributed by atoms with Gasteiger partial charge in [0.1, 0.15) is 12.4 Å². The van der Waals surface area contributed by atoms with E-state index in [1.54, 1.807) is 0 Å². The van der Waals surface area contributed by atoms with Crippen LogP contribution in [0.15, 0.2) is 48.5 Å². The van der Waals surface area contributed by atoms with Gasteiger partial charge in [0.05, 0.1) is 25.0 Å². The lowest BCUT2D eigenvalue weighted by atomic mass is 9.99. The number of carbonyl (C=O) groups is 1. The second kappa shape index (κ2) is 10.8. The van der Waals surface area contributed by atoms with Gasteiger partial charge in [-0.2, -0.15) is 0 Å².